The van der Waals surface area contributed by atoms with E-state index in [2.05, 4.69) is 60.4 Å². The molecule has 7 rings (SSSR count). The van der Waals surface area contributed by atoms with E-state index in [4.69, 9.17) is 4.98 Å². The van der Waals surface area contributed by atoms with E-state index >= 15 is 0 Å². The molecule has 0 saturated heterocycles. The zero-order valence-corrected chi connectivity index (χ0v) is 23.2. The van der Waals surface area contributed by atoms with Crippen molar-refractivity contribution in [1.29, 1.82) is 0 Å². The third-order valence-electron chi connectivity index (χ3n) is 8.15. The number of rotatable bonds is 5. The van der Waals surface area contributed by atoms with Gasteiger partial charge >= 0.3 is 5.69 Å². The first-order chi connectivity index (χ1) is 20.0. The first kappa shape index (κ1) is 25.1. The molecule has 0 radical (unpaired) electrons. The fourth-order valence-electron chi connectivity index (χ4n) is 6.09. The van der Waals surface area contributed by atoms with Crippen molar-refractivity contribution < 1.29 is 0 Å². The standard InChI is InChI=1S/C34H31N5O2/c1-23-20-37(28-17-15-25(16-18-28)19-24-9-4-3-5-10-24)33-35-31-30(38(33)21-23)32(40)39(34(41)36(31)2)22-27-13-8-12-26-11-6-7-14-29(26)27/h3-18,23H,19-22H2,1-2H3/t23-/m1/s1. The van der Waals surface area contributed by atoms with Crippen LogP contribution in [0, 0.1) is 5.92 Å². The molecule has 2 aromatic heterocycles. The van der Waals surface area contributed by atoms with Crippen molar-refractivity contribution in [3.05, 3.63) is 135 Å². The van der Waals surface area contributed by atoms with Gasteiger partial charge in [0.05, 0.1) is 6.54 Å². The van der Waals surface area contributed by atoms with Gasteiger partial charge in [-0.15, -0.1) is 0 Å². The quantitative estimate of drug-likeness (QED) is 0.290. The summed E-state index contributed by atoms with van der Waals surface area (Å²) in [7, 11) is 1.70. The van der Waals surface area contributed by atoms with Gasteiger partial charge in [-0.25, -0.2) is 4.79 Å². The molecule has 0 unspecified atom stereocenters. The Balaban J connectivity index is 1.31. The summed E-state index contributed by atoms with van der Waals surface area (Å²) < 4.78 is 4.86. The van der Waals surface area contributed by atoms with Crippen molar-refractivity contribution in [2.24, 2.45) is 13.0 Å². The van der Waals surface area contributed by atoms with Crippen LogP contribution in [0.15, 0.2) is 107 Å². The second kappa shape index (κ2) is 9.93. The molecule has 1 atom stereocenters. The number of hydrogen-bond acceptors (Lipinski definition) is 4. The van der Waals surface area contributed by atoms with Crippen molar-refractivity contribution in [1.82, 2.24) is 18.7 Å². The first-order valence-electron chi connectivity index (χ1n) is 14.0. The molecule has 6 aromatic rings. The van der Waals surface area contributed by atoms with Gasteiger partial charge in [0.2, 0.25) is 5.95 Å². The van der Waals surface area contributed by atoms with Crippen molar-refractivity contribution in [2.45, 2.75) is 26.4 Å². The maximum atomic E-state index is 14.0. The Morgan fingerprint density at radius 3 is 2.32 bits per heavy atom. The minimum absolute atomic E-state index is 0.200. The second-order valence-corrected chi connectivity index (χ2v) is 11.1. The molecule has 7 nitrogen and oxygen atoms in total. The Morgan fingerprint density at radius 1 is 0.805 bits per heavy atom. The fourth-order valence-corrected chi connectivity index (χ4v) is 6.09. The molecule has 4 aromatic carbocycles. The molecule has 0 saturated carbocycles. The highest BCUT2D eigenvalue weighted by Gasteiger charge is 2.30. The molecule has 0 aliphatic carbocycles. The van der Waals surface area contributed by atoms with E-state index in [1.165, 1.54) is 20.3 Å². The lowest BCUT2D eigenvalue weighted by Gasteiger charge is -2.33. The molecule has 204 valence electrons. The topological polar surface area (TPSA) is 65.1 Å². The van der Waals surface area contributed by atoms with Gasteiger partial charge in [-0.2, -0.15) is 4.98 Å². The smallest absolute Gasteiger partial charge is 0.312 e. The van der Waals surface area contributed by atoms with Crippen LogP contribution >= 0.6 is 0 Å². The van der Waals surface area contributed by atoms with Crippen LogP contribution in [0.2, 0.25) is 0 Å². The monoisotopic (exact) mass is 541 g/mol. The SMILES string of the molecule is C[C@@H]1CN(c2ccc(Cc3ccccc3)cc2)c2nc3c(c(=O)n(Cc4cccc5ccccc45)c(=O)n3C)n2C1. The summed E-state index contributed by atoms with van der Waals surface area (Å²) in [4.78, 5) is 34.6. The second-order valence-electron chi connectivity index (χ2n) is 11.1. The zero-order valence-electron chi connectivity index (χ0n) is 23.2. The summed E-state index contributed by atoms with van der Waals surface area (Å²) in [5.74, 6) is 0.982. The van der Waals surface area contributed by atoms with E-state index in [9.17, 15) is 9.59 Å². The predicted molar refractivity (Wildman–Crippen MR) is 164 cm³/mol. The van der Waals surface area contributed by atoms with Crippen molar-refractivity contribution in [3.63, 3.8) is 0 Å². The summed E-state index contributed by atoms with van der Waals surface area (Å²) in [5, 5.41) is 2.12. The summed E-state index contributed by atoms with van der Waals surface area (Å²) in [6.07, 6.45) is 0.869. The maximum Gasteiger partial charge on any atom is 0.332 e. The Labute approximate surface area is 237 Å². The molecule has 0 N–H and O–H groups in total. The first-order valence-corrected chi connectivity index (χ1v) is 14.0. The van der Waals surface area contributed by atoms with Crippen LogP contribution in [0.5, 0.6) is 0 Å². The van der Waals surface area contributed by atoms with E-state index in [1.54, 1.807) is 7.05 Å². The largest absolute Gasteiger partial charge is 0.332 e. The molecule has 1 aliphatic rings. The van der Waals surface area contributed by atoms with Crippen molar-refractivity contribution >= 4 is 33.6 Å². The number of benzene rings is 4. The number of nitrogens with zero attached hydrogens (tertiary/aromatic N) is 5. The van der Waals surface area contributed by atoms with Crippen LogP contribution in [-0.2, 0) is 26.6 Å². The number of aromatic nitrogens is 4. The Bertz CT molecular complexity index is 2010. The van der Waals surface area contributed by atoms with Crippen molar-refractivity contribution in [3.8, 4) is 0 Å². The lowest BCUT2D eigenvalue weighted by molar-refractivity contribution is 0.458. The zero-order chi connectivity index (χ0) is 28.1. The van der Waals surface area contributed by atoms with Crippen LogP contribution in [0.4, 0.5) is 11.6 Å². The molecule has 0 fully saturated rings. The van der Waals surface area contributed by atoms with Gasteiger partial charge in [0.1, 0.15) is 0 Å². The fraction of sp³-hybridized carbons (Fsp3) is 0.206. The number of aryl methyl sites for hydroxylation is 1. The van der Waals surface area contributed by atoms with E-state index in [0.29, 0.717) is 23.7 Å². The molecule has 3 heterocycles. The summed E-state index contributed by atoms with van der Waals surface area (Å²) in [6, 6.07) is 33.0. The lowest BCUT2D eigenvalue weighted by atomic mass is 10.0. The highest BCUT2D eigenvalue weighted by molar-refractivity contribution is 5.85. The molecule has 1 aliphatic heterocycles. The normalized spacial score (nSPS) is 15.0. The third-order valence-corrected chi connectivity index (χ3v) is 8.15. The molecule has 7 heteroatoms. The Hall–Kier alpha value is -4.91. The van der Waals surface area contributed by atoms with Gasteiger partial charge < -0.3 is 9.47 Å². The lowest BCUT2D eigenvalue weighted by Crippen LogP contribution is -2.40. The molecule has 41 heavy (non-hydrogen) atoms. The molecule has 0 spiro atoms. The average Bonchev–Trinajstić information content (AvgIpc) is 3.38. The van der Waals surface area contributed by atoms with Crippen LogP contribution in [0.1, 0.15) is 23.6 Å². The van der Waals surface area contributed by atoms with E-state index < -0.39 is 0 Å². The van der Waals surface area contributed by atoms with Crippen LogP contribution < -0.4 is 16.1 Å². The highest BCUT2D eigenvalue weighted by Crippen LogP contribution is 2.33. The number of anilines is 2. The van der Waals surface area contributed by atoms with Crippen molar-refractivity contribution in [2.75, 3.05) is 11.4 Å². The van der Waals surface area contributed by atoms with Crippen LogP contribution in [-0.4, -0.2) is 25.2 Å². The Kier molecular flexibility index (Phi) is 6.07. The van der Waals surface area contributed by atoms with E-state index in [-0.39, 0.29) is 23.7 Å². The summed E-state index contributed by atoms with van der Waals surface area (Å²) >= 11 is 0. The van der Waals surface area contributed by atoms with Gasteiger partial charge in [-0.05, 0) is 51.9 Å². The number of fused-ring (bicyclic) bond motifs is 4. The third kappa shape index (κ3) is 4.34. The average molecular weight is 542 g/mol. The maximum absolute atomic E-state index is 14.0. The highest BCUT2D eigenvalue weighted by atomic mass is 16.2. The summed E-state index contributed by atoms with van der Waals surface area (Å²) in [5.41, 5.74) is 4.68. The van der Waals surface area contributed by atoms with Crippen LogP contribution in [0.3, 0.4) is 0 Å². The molecule has 0 amide bonds. The van der Waals surface area contributed by atoms with Crippen LogP contribution in [0.25, 0.3) is 21.9 Å². The van der Waals surface area contributed by atoms with Gasteiger partial charge in [0.25, 0.3) is 5.56 Å². The van der Waals surface area contributed by atoms with E-state index in [1.807, 2.05) is 53.1 Å². The van der Waals surface area contributed by atoms with Gasteiger partial charge in [-0.1, -0.05) is 91.9 Å². The summed E-state index contributed by atoms with van der Waals surface area (Å²) in [6.45, 7) is 3.82. The minimum Gasteiger partial charge on any atom is -0.312 e. The van der Waals surface area contributed by atoms with Gasteiger partial charge in [-0.3, -0.25) is 13.9 Å². The van der Waals surface area contributed by atoms with Gasteiger partial charge in [0.15, 0.2) is 11.2 Å². The number of imidazole rings is 1. The predicted octanol–water partition coefficient (Wildman–Crippen LogP) is 5.48. The molecular formula is C34H31N5O2. The molecular weight excluding hydrogens is 510 g/mol. The molecule has 0 bridgehead atoms. The van der Waals surface area contributed by atoms with E-state index in [0.717, 1.165) is 35.0 Å². The Morgan fingerprint density at radius 2 is 1.51 bits per heavy atom. The minimum atomic E-state index is -0.365. The van der Waals surface area contributed by atoms with Gasteiger partial charge in [0, 0.05) is 25.8 Å². The number of hydrogen-bond donors (Lipinski definition) is 0.